The van der Waals surface area contributed by atoms with Gasteiger partial charge >= 0.3 is 0 Å². The monoisotopic (exact) mass is 345 g/mol. The van der Waals surface area contributed by atoms with Gasteiger partial charge in [-0.05, 0) is 47.5 Å². The number of methoxy groups -OCH3 is 1. The standard InChI is InChI=1S/C22H13F2NO/c1-26-19-10-8-18(9-11-19)17-6-4-15(5-7-17)2-3-16-12-21(23)20(14-25)22(24)13-16/h4-13H,1H3. The van der Waals surface area contributed by atoms with Gasteiger partial charge in [0.05, 0.1) is 7.11 Å². The first-order valence-corrected chi connectivity index (χ1v) is 7.76. The summed E-state index contributed by atoms with van der Waals surface area (Å²) < 4.78 is 32.3. The number of halogens is 2. The third-order valence-corrected chi connectivity index (χ3v) is 3.81. The first kappa shape index (κ1) is 17.2. The Morgan fingerprint density at radius 3 is 1.77 bits per heavy atom. The summed E-state index contributed by atoms with van der Waals surface area (Å²) in [4.78, 5) is 0. The third-order valence-electron chi connectivity index (χ3n) is 3.81. The van der Waals surface area contributed by atoms with E-state index in [1.54, 1.807) is 7.11 Å². The van der Waals surface area contributed by atoms with Gasteiger partial charge in [-0.25, -0.2) is 8.78 Å². The molecule has 26 heavy (non-hydrogen) atoms. The zero-order chi connectivity index (χ0) is 18.5. The van der Waals surface area contributed by atoms with Crippen LogP contribution in [0.25, 0.3) is 11.1 Å². The van der Waals surface area contributed by atoms with Gasteiger partial charge in [0.2, 0.25) is 0 Å². The Kier molecular flexibility index (Phi) is 4.97. The number of benzene rings is 3. The van der Waals surface area contributed by atoms with Crippen molar-refractivity contribution in [1.82, 2.24) is 0 Å². The fourth-order valence-corrected chi connectivity index (χ4v) is 2.43. The van der Waals surface area contributed by atoms with Crippen molar-refractivity contribution in [1.29, 1.82) is 5.26 Å². The Morgan fingerprint density at radius 1 is 0.769 bits per heavy atom. The summed E-state index contributed by atoms with van der Waals surface area (Å²) in [5, 5.41) is 8.67. The number of nitrogens with zero attached hydrogens (tertiary/aromatic N) is 1. The Hall–Kier alpha value is -3.63. The molecule has 0 N–H and O–H groups in total. The van der Waals surface area contributed by atoms with Gasteiger partial charge in [0.25, 0.3) is 0 Å². The maximum Gasteiger partial charge on any atom is 0.145 e. The van der Waals surface area contributed by atoms with Crippen molar-refractivity contribution in [2.24, 2.45) is 0 Å². The quantitative estimate of drug-likeness (QED) is 0.618. The van der Waals surface area contributed by atoms with Crippen LogP contribution in [0.1, 0.15) is 16.7 Å². The SMILES string of the molecule is COc1ccc(-c2ccc(C#Cc3cc(F)c(C#N)c(F)c3)cc2)cc1. The van der Waals surface area contributed by atoms with Crippen LogP contribution in [0.3, 0.4) is 0 Å². The molecule has 0 radical (unpaired) electrons. The summed E-state index contributed by atoms with van der Waals surface area (Å²) in [6.07, 6.45) is 0. The van der Waals surface area contributed by atoms with E-state index in [1.165, 1.54) is 6.07 Å². The summed E-state index contributed by atoms with van der Waals surface area (Å²) in [5.74, 6) is 4.54. The van der Waals surface area contributed by atoms with Crippen LogP contribution in [-0.2, 0) is 0 Å². The van der Waals surface area contributed by atoms with Gasteiger partial charge < -0.3 is 4.74 Å². The predicted molar refractivity (Wildman–Crippen MR) is 95.5 cm³/mol. The molecular formula is C22H13F2NO. The van der Waals surface area contributed by atoms with E-state index in [0.717, 1.165) is 29.0 Å². The van der Waals surface area contributed by atoms with Crippen LogP contribution in [-0.4, -0.2) is 7.11 Å². The lowest BCUT2D eigenvalue weighted by atomic mass is 10.0. The summed E-state index contributed by atoms with van der Waals surface area (Å²) in [7, 11) is 1.62. The molecule has 0 aliphatic rings. The lowest BCUT2D eigenvalue weighted by Gasteiger charge is -2.04. The summed E-state index contributed by atoms with van der Waals surface area (Å²) in [6.45, 7) is 0. The molecule has 0 fully saturated rings. The molecule has 0 saturated heterocycles. The molecule has 126 valence electrons. The highest BCUT2D eigenvalue weighted by atomic mass is 19.1. The second-order valence-corrected chi connectivity index (χ2v) is 5.48. The van der Waals surface area contributed by atoms with Crippen LogP contribution < -0.4 is 4.74 Å². The van der Waals surface area contributed by atoms with E-state index in [9.17, 15) is 8.78 Å². The normalized spacial score (nSPS) is 9.77. The van der Waals surface area contributed by atoms with Gasteiger partial charge in [-0.15, -0.1) is 0 Å². The molecule has 0 aliphatic heterocycles. The first-order chi connectivity index (χ1) is 12.6. The second-order valence-electron chi connectivity index (χ2n) is 5.48. The largest absolute Gasteiger partial charge is 0.497 e. The highest BCUT2D eigenvalue weighted by Gasteiger charge is 2.09. The van der Waals surface area contributed by atoms with E-state index >= 15 is 0 Å². The molecule has 0 spiro atoms. The highest BCUT2D eigenvalue weighted by molar-refractivity contribution is 5.65. The minimum absolute atomic E-state index is 0.179. The van der Waals surface area contributed by atoms with Crippen molar-refractivity contribution in [2.45, 2.75) is 0 Å². The molecule has 4 heteroatoms. The predicted octanol–water partition coefficient (Wildman–Crippen LogP) is 4.91. The van der Waals surface area contributed by atoms with Gasteiger partial charge in [0, 0.05) is 11.1 Å². The Balaban J connectivity index is 1.82. The van der Waals surface area contributed by atoms with Crippen molar-refractivity contribution < 1.29 is 13.5 Å². The average molecular weight is 345 g/mol. The van der Waals surface area contributed by atoms with Crippen molar-refractivity contribution >= 4 is 0 Å². The van der Waals surface area contributed by atoms with E-state index in [-0.39, 0.29) is 5.56 Å². The van der Waals surface area contributed by atoms with Gasteiger partial charge in [-0.1, -0.05) is 36.1 Å². The smallest absolute Gasteiger partial charge is 0.145 e. The number of ether oxygens (including phenoxy) is 1. The fraction of sp³-hybridized carbons (Fsp3) is 0.0455. The second kappa shape index (κ2) is 7.51. The molecule has 3 aromatic carbocycles. The minimum atomic E-state index is -0.911. The third kappa shape index (κ3) is 3.71. The van der Waals surface area contributed by atoms with E-state index in [0.29, 0.717) is 5.56 Å². The molecule has 0 bridgehead atoms. The zero-order valence-corrected chi connectivity index (χ0v) is 13.9. The van der Waals surface area contributed by atoms with Gasteiger partial charge in [-0.3, -0.25) is 0 Å². The first-order valence-electron chi connectivity index (χ1n) is 7.76. The van der Waals surface area contributed by atoms with E-state index in [2.05, 4.69) is 11.8 Å². The topological polar surface area (TPSA) is 33.0 Å². The Bertz CT molecular complexity index is 1010. The Morgan fingerprint density at radius 2 is 1.27 bits per heavy atom. The van der Waals surface area contributed by atoms with Gasteiger partial charge in [0.1, 0.15) is 29.0 Å². The average Bonchev–Trinajstić information content (AvgIpc) is 2.67. The maximum atomic E-state index is 13.6. The molecule has 3 aromatic rings. The molecule has 0 aliphatic carbocycles. The molecule has 0 saturated carbocycles. The van der Waals surface area contributed by atoms with Crippen molar-refractivity contribution in [3.05, 3.63) is 89.0 Å². The maximum absolute atomic E-state index is 13.6. The van der Waals surface area contributed by atoms with Crippen LogP contribution in [0.5, 0.6) is 5.75 Å². The summed E-state index contributed by atoms with van der Waals surface area (Å²) in [6, 6.07) is 18.8. The molecule has 0 amide bonds. The van der Waals surface area contributed by atoms with Gasteiger partial charge in [0.15, 0.2) is 0 Å². The molecule has 0 heterocycles. The lowest BCUT2D eigenvalue weighted by molar-refractivity contribution is 0.415. The van der Waals surface area contributed by atoms with Crippen LogP contribution in [0.2, 0.25) is 0 Å². The van der Waals surface area contributed by atoms with Crippen LogP contribution in [0, 0.1) is 34.8 Å². The minimum Gasteiger partial charge on any atom is -0.497 e. The summed E-state index contributed by atoms with van der Waals surface area (Å²) >= 11 is 0. The molecular weight excluding hydrogens is 332 g/mol. The number of hydrogen-bond acceptors (Lipinski definition) is 2. The Labute approximate surface area is 150 Å². The van der Waals surface area contributed by atoms with E-state index in [4.69, 9.17) is 10.00 Å². The molecule has 3 rings (SSSR count). The molecule has 0 aromatic heterocycles. The van der Waals surface area contributed by atoms with Gasteiger partial charge in [-0.2, -0.15) is 5.26 Å². The van der Waals surface area contributed by atoms with Crippen LogP contribution in [0.4, 0.5) is 8.78 Å². The zero-order valence-electron chi connectivity index (χ0n) is 13.9. The highest BCUT2D eigenvalue weighted by Crippen LogP contribution is 2.22. The van der Waals surface area contributed by atoms with E-state index in [1.807, 2.05) is 48.5 Å². The fourth-order valence-electron chi connectivity index (χ4n) is 2.43. The number of nitriles is 1. The van der Waals surface area contributed by atoms with Crippen molar-refractivity contribution in [3.63, 3.8) is 0 Å². The molecule has 0 atom stereocenters. The summed E-state index contributed by atoms with van der Waals surface area (Å²) in [5.41, 5.74) is 2.36. The van der Waals surface area contributed by atoms with Crippen LogP contribution >= 0.6 is 0 Å². The number of hydrogen-bond donors (Lipinski definition) is 0. The molecule has 2 nitrogen and oxygen atoms in total. The molecule has 0 unspecified atom stereocenters. The number of rotatable bonds is 2. The van der Waals surface area contributed by atoms with Crippen molar-refractivity contribution in [3.8, 4) is 34.8 Å². The lowest BCUT2D eigenvalue weighted by Crippen LogP contribution is -1.91. The van der Waals surface area contributed by atoms with Crippen LogP contribution in [0.15, 0.2) is 60.7 Å². The van der Waals surface area contributed by atoms with Crippen molar-refractivity contribution in [2.75, 3.05) is 7.11 Å². The van der Waals surface area contributed by atoms with E-state index < -0.39 is 17.2 Å².